The minimum absolute atomic E-state index is 0.878. The maximum absolute atomic E-state index is 4.56. The molecule has 2 heterocycles. The third-order valence-corrected chi connectivity index (χ3v) is 3.11. The van der Waals surface area contributed by atoms with E-state index in [0.717, 1.165) is 32.6 Å². The molecular formula is C13H10BrN3. The van der Waals surface area contributed by atoms with Gasteiger partial charge in [-0.15, -0.1) is 0 Å². The quantitative estimate of drug-likeness (QED) is 0.742. The first-order chi connectivity index (χ1) is 8.22. The smallest absolute Gasteiger partial charge is 0.138 e. The lowest BCUT2D eigenvalue weighted by Gasteiger charge is -1.96. The molecule has 0 fully saturated rings. The van der Waals surface area contributed by atoms with E-state index in [1.54, 1.807) is 6.20 Å². The molecule has 0 radical (unpaired) electrons. The fourth-order valence-corrected chi connectivity index (χ4v) is 2.17. The number of fused-ring (bicyclic) bond motifs is 1. The van der Waals surface area contributed by atoms with E-state index in [4.69, 9.17) is 0 Å². The summed E-state index contributed by atoms with van der Waals surface area (Å²) in [5, 5.41) is 0. The van der Waals surface area contributed by atoms with Crippen molar-refractivity contribution in [1.29, 1.82) is 0 Å². The van der Waals surface area contributed by atoms with Crippen molar-refractivity contribution < 1.29 is 0 Å². The van der Waals surface area contributed by atoms with Crippen LogP contribution in [0.3, 0.4) is 0 Å². The van der Waals surface area contributed by atoms with Gasteiger partial charge in [-0.05, 0) is 37.3 Å². The van der Waals surface area contributed by atoms with E-state index in [1.807, 2.05) is 37.3 Å². The highest BCUT2D eigenvalue weighted by Crippen LogP contribution is 2.22. The van der Waals surface area contributed by atoms with Gasteiger partial charge >= 0.3 is 0 Å². The molecule has 0 spiro atoms. The van der Waals surface area contributed by atoms with E-state index in [0.29, 0.717) is 0 Å². The molecule has 0 aliphatic rings. The first kappa shape index (κ1) is 10.5. The first-order valence-electron chi connectivity index (χ1n) is 5.31. The lowest BCUT2D eigenvalue weighted by atomic mass is 10.2. The molecule has 4 heteroatoms. The lowest BCUT2D eigenvalue weighted by molar-refractivity contribution is 1.19. The van der Waals surface area contributed by atoms with Crippen LogP contribution in [-0.2, 0) is 0 Å². The van der Waals surface area contributed by atoms with Crippen LogP contribution in [0.1, 0.15) is 5.69 Å². The largest absolute Gasteiger partial charge is 0.338 e. The third kappa shape index (κ3) is 1.96. The van der Waals surface area contributed by atoms with E-state index in [2.05, 4.69) is 30.9 Å². The predicted molar refractivity (Wildman–Crippen MR) is 71.8 cm³/mol. The Kier molecular flexibility index (Phi) is 2.44. The van der Waals surface area contributed by atoms with Crippen molar-refractivity contribution >= 4 is 27.0 Å². The number of benzene rings is 1. The summed E-state index contributed by atoms with van der Waals surface area (Å²) in [5.41, 5.74) is 4.05. The van der Waals surface area contributed by atoms with Gasteiger partial charge in [0.05, 0.1) is 11.0 Å². The van der Waals surface area contributed by atoms with Gasteiger partial charge in [0.2, 0.25) is 0 Å². The summed E-state index contributed by atoms with van der Waals surface area (Å²) in [7, 11) is 0. The van der Waals surface area contributed by atoms with Gasteiger partial charge < -0.3 is 4.98 Å². The molecule has 3 rings (SSSR count). The van der Waals surface area contributed by atoms with E-state index in [9.17, 15) is 0 Å². The Morgan fingerprint density at radius 2 is 2.06 bits per heavy atom. The number of nitrogens with zero attached hydrogens (tertiary/aromatic N) is 2. The molecule has 1 N–H and O–H groups in total. The van der Waals surface area contributed by atoms with Gasteiger partial charge in [-0.1, -0.05) is 15.9 Å². The summed E-state index contributed by atoms with van der Waals surface area (Å²) in [6, 6.07) is 9.99. The van der Waals surface area contributed by atoms with Crippen LogP contribution in [0.5, 0.6) is 0 Å². The van der Waals surface area contributed by atoms with E-state index >= 15 is 0 Å². The van der Waals surface area contributed by atoms with Crippen LogP contribution >= 0.6 is 15.9 Å². The molecule has 0 saturated heterocycles. The molecule has 0 bridgehead atoms. The Morgan fingerprint density at radius 1 is 1.18 bits per heavy atom. The predicted octanol–water partition coefficient (Wildman–Crippen LogP) is 3.70. The Hall–Kier alpha value is -1.68. The summed E-state index contributed by atoms with van der Waals surface area (Å²) in [6.07, 6.45) is 1.80. The zero-order chi connectivity index (χ0) is 11.8. The fourth-order valence-electron chi connectivity index (χ4n) is 1.81. The van der Waals surface area contributed by atoms with Crippen LogP contribution < -0.4 is 0 Å². The number of aromatic nitrogens is 3. The van der Waals surface area contributed by atoms with Crippen molar-refractivity contribution in [2.45, 2.75) is 6.92 Å². The minimum atomic E-state index is 0.878. The molecule has 17 heavy (non-hydrogen) atoms. The van der Waals surface area contributed by atoms with Gasteiger partial charge in [-0.25, -0.2) is 4.98 Å². The molecule has 3 nitrogen and oxygen atoms in total. The molecule has 0 aliphatic heterocycles. The number of imidazole rings is 1. The highest BCUT2D eigenvalue weighted by molar-refractivity contribution is 9.10. The number of aryl methyl sites for hydroxylation is 1. The molecule has 0 saturated carbocycles. The Balaban J connectivity index is 2.18. The highest BCUT2D eigenvalue weighted by atomic mass is 79.9. The van der Waals surface area contributed by atoms with Gasteiger partial charge in [0.1, 0.15) is 5.82 Å². The third-order valence-electron chi connectivity index (χ3n) is 2.61. The average Bonchev–Trinajstić information content (AvgIpc) is 2.72. The molecule has 0 unspecified atom stereocenters. The molecule has 1 aromatic carbocycles. The summed E-state index contributed by atoms with van der Waals surface area (Å²) >= 11 is 3.45. The maximum Gasteiger partial charge on any atom is 0.138 e. The second-order valence-corrected chi connectivity index (χ2v) is 4.85. The maximum atomic E-state index is 4.56. The lowest BCUT2D eigenvalue weighted by Crippen LogP contribution is -1.84. The molecule has 2 aromatic heterocycles. The van der Waals surface area contributed by atoms with Crippen molar-refractivity contribution in [1.82, 2.24) is 15.0 Å². The van der Waals surface area contributed by atoms with Crippen molar-refractivity contribution in [3.8, 4) is 11.4 Å². The van der Waals surface area contributed by atoms with Gasteiger partial charge in [0.15, 0.2) is 0 Å². The van der Waals surface area contributed by atoms with Crippen LogP contribution in [0.2, 0.25) is 0 Å². The van der Waals surface area contributed by atoms with E-state index in [1.165, 1.54) is 0 Å². The summed E-state index contributed by atoms with van der Waals surface area (Å²) in [6.45, 7) is 1.97. The standard InChI is InChI=1S/C13H10BrN3/c1-8-6-9(4-5-15-8)13-16-11-3-2-10(14)7-12(11)17-13/h2-7H,1H3,(H,16,17). The van der Waals surface area contributed by atoms with Crippen molar-refractivity contribution in [2.24, 2.45) is 0 Å². The Labute approximate surface area is 107 Å². The van der Waals surface area contributed by atoms with Crippen molar-refractivity contribution in [2.75, 3.05) is 0 Å². The zero-order valence-corrected chi connectivity index (χ0v) is 10.8. The second kappa shape index (κ2) is 3.96. The topological polar surface area (TPSA) is 41.6 Å². The number of hydrogen-bond acceptors (Lipinski definition) is 2. The average molecular weight is 288 g/mol. The van der Waals surface area contributed by atoms with Gasteiger partial charge in [0.25, 0.3) is 0 Å². The van der Waals surface area contributed by atoms with Gasteiger partial charge in [-0.2, -0.15) is 0 Å². The molecule has 3 aromatic rings. The van der Waals surface area contributed by atoms with Gasteiger partial charge in [-0.3, -0.25) is 4.98 Å². The van der Waals surface area contributed by atoms with E-state index in [-0.39, 0.29) is 0 Å². The summed E-state index contributed by atoms with van der Waals surface area (Å²) in [4.78, 5) is 12.1. The monoisotopic (exact) mass is 287 g/mol. The Bertz CT molecular complexity index is 688. The number of hydrogen-bond donors (Lipinski definition) is 1. The first-order valence-corrected chi connectivity index (χ1v) is 6.10. The van der Waals surface area contributed by atoms with Crippen LogP contribution in [0.15, 0.2) is 41.0 Å². The summed E-state index contributed by atoms with van der Waals surface area (Å²) in [5.74, 6) is 0.878. The van der Waals surface area contributed by atoms with E-state index < -0.39 is 0 Å². The Morgan fingerprint density at radius 3 is 2.88 bits per heavy atom. The van der Waals surface area contributed by atoms with Crippen molar-refractivity contribution in [3.05, 3.63) is 46.7 Å². The number of H-pyrrole nitrogens is 1. The molecule has 0 atom stereocenters. The number of halogens is 1. The van der Waals surface area contributed by atoms with Crippen molar-refractivity contribution in [3.63, 3.8) is 0 Å². The van der Waals surface area contributed by atoms with Crippen LogP contribution in [-0.4, -0.2) is 15.0 Å². The number of rotatable bonds is 1. The second-order valence-electron chi connectivity index (χ2n) is 3.93. The van der Waals surface area contributed by atoms with Gasteiger partial charge in [0, 0.05) is 21.9 Å². The highest BCUT2D eigenvalue weighted by Gasteiger charge is 2.05. The van der Waals surface area contributed by atoms with Crippen LogP contribution in [0.4, 0.5) is 0 Å². The zero-order valence-electron chi connectivity index (χ0n) is 9.24. The van der Waals surface area contributed by atoms with Crippen LogP contribution in [0.25, 0.3) is 22.4 Å². The van der Waals surface area contributed by atoms with Crippen LogP contribution in [0, 0.1) is 6.92 Å². The normalized spacial score (nSPS) is 10.9. The number of nitrogens with one attached hydrogen (secondary N) is 1. The minimum Gasteiger partial charge on any atom is -0.338 e. The molecule has 0 amide bonds. The SMILES string of the molecule is Cc1cc(-c2nc3ccc(Br)cc3[nH]2)ccn1. The fraction of sp³-hybridized carbons (Fsp3) is 0.0769. The number of aromatic amines is 1. The molecule has 0 aliphatic carbocycles. The molecular weight excluding hydrogens is 278 g/mol. The summed E-state index contributed by atoms with van der Waals surface area (Å²) < 4.78 is 1.05. The number of pyridine rings is 1. The molecule has 84 valence electrons.